The lowest BCUT2D eigenvalue weighted by Crippen LogP contribution is -2.26. The highest BCUT2D eigenvalue weighted by atomic mass is 16.5. The average molecular weight is 335 g/mol. The van der Waals surface area contributed by atoms with E-state index < -0.39 is 0 Å². The first-order valence-electron chi connectivity index (χ1n) is 8.86. The molecule has 2 heterocycles. The Bertz CT molecular complexity index is 890. The van der Waals surface area contributed by atoms with Gasteiger partial charge in [0.1, 0.15) is 18.7 Å². The van der Waals surface area contributed by atoms with Crippen LogP contribution in [-0.4, -0.2) is 16.3 Å². The smallest absolute Gasteiger partial charge is 0.140 e. The van der Waals surface area contributed by atoms with Crippen LogP contribution in [0.3, 0.4) is 0 Å². The molecule has 25 heavy (non-hydrogen) atoms. The van der Waals surface area contributed by atoms with Crippen molar-refractivity contribution in [3.05, 3.63) is 59.9 Å². The van der Waals surface area contributed by atoms with E-state index in [1.807, 2.05) is 6.07 Å². The zero-order valence-corrected chi connectivity index (χ0v) is 15.4. The Balaban J connectivity index is 1.71. The van der Waals surface area contributed by atoms with E-state index in [1.54, 1.807) is 0 Å². The second-order valence-electron chi connectivity index (χ2n) is 7.80. The third-order valence-corrected chi connectivity index (χ3v) is 4.94. The quantitative estimate of drug-likeness (QED) is 0.637. The van der Waals surface area contributed by atoms with Crippen LogP contribution in [0.15, 0.2) is 48.5 Å². The van der Waals surface area contributed by atoms with Crippen molar-refractivity contribution in [3.63, 3.8) is 0 Å². The molecule has 0 N–H and O–H groups in total. The molecular weight excluding hydrogens is 310 g/mol. The van der Waals surface area contributed by atoms with E-state index in [2.05, 4.69) is 79.6 Å². The van der Waals surface area contributed by atoms with Gasteiger partial charge in [-0.3, -0.25) is 0 Å². The van der Waals surface area contributed by atoms with Crippen molar-refractivity contribution >= 4 is 16.7 Å². The number of nitrogens with zero attached hydrogens (tertiary/aromatic N) is 3. The van der Waals surface area contributed by atoms with Gasteiger partial charge in [-0.05, 0) is 42.2 Å². The molecule has 0 fully saturated rings. The van der Waals surface area contributed by atoms with Gasteiger partial charge in [0, 0.05) is 5.69 Å². The Morgan fingerprint density at radius 3 is 2.48 bits per heavy atom. The van der Waals surface area contributed by atoms with Crippen molar-refractivity contribution in [1.29, 1.82) is 0 Å². The second kappa shape index (κ2) is 5.88. The number of ether oxygens (including phenoxy) is 1. The molecule has 1 aliphatic heterocycles. The SMILES string of the molecule is C[C@H]1OCN(c2ccc(C(C)(C)C)cc2)Cn2c1nc1ccccc12. The van der Waals surface area contributed by atoms with Crippen molar-refractivity contribution in [3.8, 4) is 0 Å². The van der Waals surface area contributed by atoms with Crippen LogP contribution in [0.4, 0.5) is 5.69 Å². The lowest BCUT2D eigenvalue weighted by atomic mass is 9.87. The largest absolute Gasteiger partial charge is 0.350 e. The highest BCUT2D eigenvalue weighted by Gasteiger charge is 2.24. The minimum Gasteiger partial charge on any atom is -0.350 e. The summed E-state index contributed by atoms with van der Waals surface area (Å²) in [4.78, 5) is 7.04. The van der Waals surface area contributed by atoms with E-state index in [4.69, 9.17) is 9.72 Å². The molecule has 0 saturated heterocycles. The third kappa shape index (κ3) is 2.91. The van der Waals surface area contributed by atoms with E-state index in [-0.39, 0.29) is 11.5 Å². The van der Waals surface area contributed by atoms with Gasteiger partial charge in [-0.15, -0.1) is 0 Å². The Morgan fingerprint density at radius 1 is 1.04 bits per heavy atom. The molecule has 3 aromatic rings. The molecule has 0 spiro atoms. The van der Waals surface area contributed by atoms with Crippen molar-refractivity contribution in [2.75, 3.05) is 11.6 Å². The number of para-hydroxylation sites is 2. The maximum atomic E-state index is 6.07. The molecule has 4 nitrogen and oxygen atoms in total. The van der Waals surface area contributed by atoms with E-state index in [9.17, 15) is 0 Å². The Hall–Kier alpha value is -2.33. The first-order valence-corrected chi connectivity index (χ1v) is 8.86. The van der Waals surface area contributed by atoms with Gasteiger partial charge >= 0.3 is 0 Å². The number of hydrogen-bond donors (Lipinski definition) is 0. The van der Waals surface area contributed by atoms with E-state index in [0.29, 0.717) is 6.73 Å². The fourth-order valence-electron chi connectivity index (χ4n) is 3.37. The number of fused-ring (bicyclic) bond motifs is 3. The standard InChI is InChI=1S/C21H25N3O/c1-15-20-22-18-7-5-6-8-19(18)24(20)13-23(14-25-15)17-11-9-16(10-12-17)21(2,3)4/h5-12,15H,13-14H2,1-4H3/t15-/m1/s1. The van der Waals surface area contributed by atoms with E-state index in [1.165, 1.54) is 11.3 Å². The number of hydrogen-bond acceptors (Lipinski definition) is 3. The number of aromatic nitrogens is 2. The molecule has 1 aliphatic rings. The molecule has 130 valence electrons. The summed E-state index contributed by atoms with van der Waals surface area (Å²) < 4.78 is 8.33. The lowest BCUT2D eigenvalue weighted by Gasteiger charge is -2.25. The van der Waals surface area contributed by atoms with Gasteiger partial charge in [0.2, 0.25) is 0 Å². The monoisotopic (exact) mass is 335 g/mol. The van der Waals surface area contributed by atoms with Gasteiger partial charge in [-0.1, -0.05) is 45.0 Å². The molecule has 4 rings (SSSR count). The Morgan fingerprint density at radius 2 is 1.76 bits per heavy atom. The second-order valence-corrected chi connectivity index (χ2v) is 7.80. The number of anilines is 1. The predicted molar refractivity (Wildman–Crippen MR) is 102 cm³/mol. The minimum atomic E-state index is -0.0220. The molecule has 1 atom stereocenters. The molecule has 0 amide bonds. The maximum Gasteiger partial charge on any atom is 0.140 e. The van der Waals surface area contributed by atoms with Crippen molar-refractivity contribution in [2.45, 2.75) is 45.9 Å². The fraction of sp³-hybridized carbons (Fsp3) is 0.381. The summed E-state index contributed by atoms with van der Waals surface area (Å²) in [5.74, 6) is 0.995. The Labute approximate surface area is 149 Å². The van der Waals surface area contributed by atoms with Crippen LogP contribution in [0.5, 0.6) is 0 Å². The van der Waals surface area contributed by atoms with Crippen LogP contribution in [0, 0.1) is 0 Å². The molecule has 0 radical (unpaired) electrons. The van der Waals surface area contributed by atoms with Crippen LogP contribution in [-0.2, 0) is 16.8 Å². The predicted octanol–water partition coefficient (Wildman–Crippen LogP) is 4.85. The minimum absolute atomic E-state index is 0.0220. The highest BCUT2D eigenvalue weighted by Crippen LogP contribution is 2.30. The van der Waals surface area contributed by atoms with E-state index in [0.717, 1.165) is 23.5 Å². The normalized spacial score (nSPS) is 18.2. The third-order valence-electron chi connectivity index (χ3n) is 4.94. The molecule has 2 aromatic carbocycles. The summed E-state index contributed by atoms with van der Waals surface area (Å²) in [6, 6.07) is 17.1. The van der Waals surface area contributed by atoms with Gasteiger partial charge in [-0.2, -0.15) is 0 Å². The van der Waals surface area contributed by atoms with Crippen LogP contribution in [0.2, 0.25) is 0 Å². The summed E-state index contributed by atoms with van der Waals surface area (Å²) in [5.41, 5.74) is 4.86. The lowest BCUT2D eigenvalue weighted by molar-refractivity contribution is 0.0678. The zero-order valence-electron chi connectivity index (χ0n) is 15.4. The maximum absolute atomic E-state index is 6.07. The molecule has 0 unspecified atom stereocenters. The number of benzene rings is 2. The molecule has 0 aliphatic carbocycles. The summed E-state index contributed by atoms with van der Waals surface area (Å²) in [7, 11) is 0. The molecule has 0 saturated carbocycles. The molecule has 4 heteroatoms. The summed E-state index contributed by atoms with van der Waals surface area (Å²) in [6.45, 7) is 10.1. The van der Waals surface area contributed by atoms with Crippen molar-refractivity contribution in [1.82, 2.24) is 9.55 Å². The van der Waals surface area contributed by atoms with Gasteiger partial charge in [-0.25, -0.2) is 4.98 Å². The Kier molecular flexibility index (Phi) is 3.80. The van der Waals surface area contributed by atoms with Crippen LogP contribution < -0.4 is 4.90 Å². The van der Waals surface area contributed by atoms with E-state index >= 15 is 0 Å². The first-order chi connectivity index (χ1) is 11.9. The van der Waals surface area contributed by atoms with Gasteiger partial charge in [0.25, 0.3) is 0 Å². The molecule has 0 bridgehead atoms. The van der Waals surface area contributed by atoms with Crippen molar-refractivity contribution in [2.24, 2.45) is 0 Å². The topological polar surface area (TPSA) is 30.3 Å². The van der Waals surface area contributed by atoms with Crippen LogP contribution >= 0.6 is 0 Å². The van der Waals surface area contributed by atoms with Gasteiger partial charge < -0.3 is 14.2 Å². The molecule has 1 aromatic heterocycles. The zero-order chi connectivity index (χ0) is 17.6. The van der Waals surface area contributed by atoms with Gasteiger partial charge in [0.05, 0.1) is 17.7 Å². The summed E-state index contributed by atoms with van der Waals surface area (Å²) >= 11 is 0. The van der Waals surface area contributed by atoms with Gasteiger partial charge in [0.15, 0.2) is 0 Å². The highest BCUT2D eigenvalue weighted by molar-refractivity contribution is 5.76. The summed E-state index contributed by atoms with van der Waals surface area (Å²) in [6.07, 6.45) is -0.0220. The number of rotatable bonds is 1. The summed E-state index contributed by atoms with van der Waals surface area (Å²) in [5, 5.41) is 0. The molecular formula is C21H25N3O. The number of imidazole rings is 1. The fourth-order valence-corrected chi connectivity index (χ4v) is 3.37. The first kappa shape index (κ1) is 16.2. The van der Waals surface area contributed by atoms with Crippen LogP contribution in [0.1, 0.15) is 45.2 Å². The van der Waals surface area contributed by atoms with Crippen LogP contribution in [0.25, 0.3) is 11.0 Å². The van der Waals surface area contributed by atoms with Crippen molar-refractivity contribution < 1.29 is 4.74 Å². The average Bonchev–Trinajstić information content (AvgIpc) is 2.88.